The minimum atomic E-state index is -0.811. The molecule has 0 radical (unpaired) electrons. The van der Waals surface area contributed by atoms with E-state index in [2.05, 4.69) is 0 Å². The van der Waals surface area contributed by atoms with Gasteiger partial charge in [-0.15, -0.1) is 0 Å². The van der Waals surface area contributed by atoms with Gasteiger partial charge in [0.2, 0.25) is 0 Å². The van der Waals surface area contributed by atoms with Gasteiger partial charge in [-0.25, -0.2) is 0 Å². The lowest BCUT2D eigenvalue weighted by Crippen LogP contribution is -2.03. The van der Waals surface area contributed by atoms with E-state index in [9.17, 15) is 9.59 Å². The Balaban J connectivity index is 2.01. The number of carbonyl (C=O) groups excluding carboxylic acids is 1. The Hall–Kier alpha value is -1.84. The van der Waals surface area contributed by atoms with E-state index in [1.807, 2.05) is 19.1 Å². The van der Waals surface area contributed by atoms with Crippen molar-refractivity contribution >= 4 is 11.8 Å². The minimum Gasteiger partial charge on any atom is -0.494 e. The van der Waals surface area contributed by atoms with Crippen LogP contribution in [0.3, 0.4) is 0 Å². The number of aliphatic carboxylic acids is 1. The van der Waals surface area contributed by atoms with Gasteiger partial charge in [-0.2, -0.15) is 0 Å². The van der Waals surface area contributed by atoms with Gasteiger partial charge in [0.15, 0.2) is 5.78 Å². The Kier molecular flexibility index (Phi) is 3.65. The molecule has 0 bridgehead atoms. The molecule has 0 aliphatic heterocycles. The third kappa shape index (κ3) is 2.70. The lowest BCUT2D eigenvalue weighted by Gasteiger charge is -2.09. The van der Waals surface area contributed by atoms with Crippen molar-refractivity contribution in [1.29, 1.82) is 0 Å². The van der Waals surface area contributed by atoms with Crippen LogP contribution in [-0.2, 0) is 11.2 Å². The fourth-order valence-electron chi connectivity index (χ4n) is 2.29. The molecule has 0 spiro atoms. The van der Waals surface area contributed by atoms with Crippen LogP contribution in [0.2, 0.25) is 0 Å². The van der Waals surface area contributed by atoms with Crippen molar-refractivity contribution in [3.05, 3.63) is 28.8 Å². The minimum absolute atomic E-state index is 0.114. The third-order valence-electron chi connectivity index (χ3n) is 3.09. The number of fused-ring (bicyclic) bond motifs is 1. The van der Waals surface area contributed by atoms with Gasteiger partial charge >= 0.3 is 5.97 Å². The summed E-state index contributed by atoms with van der Waals surface area (Å²) in [5.74, 6) is 0.126. The maximum Gasteiger partial charge on any atom is 0.303 e. The molecule has 4 heteroatoms. The normalized spacial score (nSPS) is 13.5. The molecule has 96 valence electrons. The summed E-state index contributed by atoms with van der Waals surface area (Å²) >= 11 is 0. The quantitative estimate of drug-likeness (QED) is 0.812. The third-order valence-corrected chi connectivity index (χ3v) is 3.09. The first kappa shape index (κ1) is 12.6. The first-order valence-corrected chi connectivity index (χ1v) is 6.09. The molecular formula is C14H16O4. The van der Waals surface area contributed by atoms with E-state index in [4.69, 9.17) is 9.84 Å². The molecule has 1 aromatic carbocycles. The number of hydrogen-bond donors (Lipinski definition) is 1. The maximum absolute atomic E-state index is 11.6. The largest absolute Gasteiger partial charge is 0.494 e. The summed E-state index contributed by atoms with van der Waals surface area (Å²) < 4.78 is 5.52. The van der Waals surface area contributed by atoms with E-state index < -0.39 is 5.97 Å². The second kappa shape index (κ2) is 5.21. The summed E-state index contributed by atoms with van der Waals surface area (Å²) in [4.78, 5) is 22.0. The second-order valence-electron chi connectivity index (χ2n) is 4.54. The van der Waals surface area contributed by atoms with E-state index in [0.29, 0.717) is 19.4 Å². The Morgan fingerprint density at radius 1 is 1.39 bits per heavy atom. The highest BCUT2D eigenvalue weighted by atomic mass is 16.5. The molecule has 0 unspecified atom stereocenters. The molecule has 0 amide bonds. The Labute approximate surface area is 106 Å². The SMILES string of the molecule is Cc1cc(OCCCC(=O)O)cc2c1C(=O)CC2. The van der Waals surface area contributed by atoms with Gasteiger partial charge < -0.3 is 9.84 Å². The molecule has 0 heterocycles. The zero-order chi connectivity index (χ0) is 13.1. The zero-order valence-electron chi connectivity index (χ0n) is 10.4. The van der Waals surface area contributed by atoms with Crippen LogP contribution in [0, 0.1) is 6.92 Å². The summed E-state index contributed by atoms with van der Waals surface area (Å²) in [6.45, 7) is 2.30. The average molecular weight is 248 g/mol. The predicted octanol–water partition coefficient (Wildman–Crippen LogP) is 2.37. The number of carboxylic acids is 1. The van der Waals surface area contributed by atoms with Crippen LogP contribution in [0.4, 0.5) is 0 Å². The van der Waals surface area contributed by atoms with Crippen molar-refractivity contribution in [2.24, 2.45) is 0 Å². The highest BCUT2D eigenvalue weighted by Gasteiger charge is 2.22. The number of benzene rings is 1. The van der Waals surface area contributed by atoms with Gasteiger partial charge in [0.05, 0.1) is 6.61 Å². The van der Waals surface area contributed by atoms with E-state index in [0.717, 1.165) is 28.9 Å². The average Bonchev–Trinajstić information content (AvgIpc) is 2.67. The van der Waals surface area contributed by atoms with Crippen molar-refractivity contribution in [3.8, 4) is 5.75 Å². The Bertz CT molecular complexity index is 491. The Morgan fingerprint density at radius 3 is 2.89 bits per heavy atom. The number of ketones is 1. The van der Waals surface area contributed by atoms with Gasteiger partial charge in [0, 0.05) is 18.4 Å². The summed E-state index contributed by atoms with van der Waals surface area (Å²) in [6.07, 6.45) is 1.97. The second-order valence-corrected chi connectivity index (χ2v) is 4.54. The number of carboxylic acid groups (broad SMARTS) is 1. The summed E-state index contributed by atoms with van der Waals surface area (Å²) in [5, 5.41) is 8.52. The molecular weight excluding hydrogens is 232 g/mol. The predicted molar refractivity (Wildman–Crippen MR) is 66.2 cm³/mol. The molecule has 0 saturated heterocycles. The van der Waals surface area contributed by atoms with Crippen LogP contribution < -0.4 is 4.74 Å². The van der Waals surface area contributed by atoms with Crippen molar-refractivity contribution in [3.63, 3.8) is 0 Å². The standard InChI is InChI=1S/C14H16O4/c1-9-7-11(18-6-2-3-13(16)17)8-10-4-5-12(15)14(9)10/h7-8H,2-6H2,1H3,(H,16,17). The lowest BCUT2D eigenvalue weighted by molar-refractivity contribution is -0.137. The molecule has 0 saturated carbocycles. The van der Waals surface area contributed by atoms with Crippen LogP contribution in [0.5, 0.6) is 5.75 Å². The molecule has 1 aromatic rings. The summed E-state index contributed by atoms with van der Waals surface area (Å²) in [7, 11) is 0. The van der Waals surface area contributed by atoms with Gasteiger partial charge in [0.1, 0.15) is 5.75 Å². The molecule has 4 nitrogen and oxygen atoms in total. The number of rotatable bonds is 5. The fourth-order valence-corrected chi connectivity index (χ4v) is 2.29. The first-order chi connectivity index (χ1) is 8.58. The van der Waals surface area contributed by atoms with Crippen LogP contribution in [-0.4, -0.2) is 23.5 Å². The zero-order valence-corrected chi connectivity index (χ0v) is 10.4. The van der Waals surface area contributed by atoms with E-state index >= 15 is 0 Å². The van der Waals surface area contributed by atoms with Gasteiger partial charge in [-0.1, -0.05) is 0 Å². The van der Waals surface area contributed by atoms with Crippen LogP contribution in [0.25, 0.3) is 0 Å². The van der Waals surface area contributed by atoms with Crippen molar-refractivity contribution in [2.45, 2.75) is 32.6 Å². The summed E-state index contributed by atoms with van der Waals surface area (Å²) in [5.41, 5.74) is 2.84. The molecule has 1 aliphatic carbocycles. The molecule has 18 heavy (non-hydrogen) atoms. The molecule has 0 fully saturated rings. The van der Waals surface area contributed by atoms with E-state index in [1.165, 1.54) is 0 Å². The smallest absolute Gasteiger partial charge is 0.303 e. The topological polar surface area (TPSA) is 63.6 Å². The van der Waals surface area contributed by atoms with Gasteiger partial charge in [-0.3, -0.25) is 9.59 Å². The van der Waals surface area contributed by atoms with Crippen molar-refractivity contribution in [2.75, 3.05) is 6.61 Å². The number of aryl methyl sites for hydroxylation is 2. The fraction of sp³-hybridized carbons (Fsp3) is 0.429. The monoisotopic (exact) mass is 248 g/mol. The number of ether oxygens (including phenoxy) is 1. The molecule has 1 aliphatic rings. The summed E-state index contributed by atoms with van der Waals surface area (Å²) in [6, 6.07) is 3.75. The molecule has 1 N–H and O–H groups in total. The lowest BCUT2D eigenvalue weighted by atomic mass is 10.0. The first-order valence-electron chi connectivity index (χ1n) is 6.09. The highest BCUT2D eigenvalue weighted by Crippen LogP contribution is 2.29. The van der Waals surface area contributed by atoms with Crippen LogP contribution in [0.1, 0.15) is 40.7 Å². The molecule has 2 rings (SSSR count). The highest BCUT2D eigenvalue weighted by molar-refractivity contribution is 6.01. The van der Waals surface area contributed by atoms with Gasteiger partial charge in [-0.05, 0) is 43.0 Å². The maximum atomic E-state index is 11.6. The van der Waals surface area contributed by atoms with Gasteiger partial charge in [0.25, 0.3) is 0 Å². The Morgan fingerprint density at radius 2 is 2.17 bits per heavy atom. The number of carbonyl (C=O) groups is 2. The van der Waals surface area contributed by atoms with Crippen LogP contribution >= 0.6 is 0 Å². The number of Topliss-reactive ketones (excluding diaryl/α,β-unsaturated/α-hetero) is 1. The molecule has 0 atom stereocenters. The van der Waals surface area contributed by atoms with E-state index in [1.54, 1.807) is 0 Å². The van der Waals surface area contributed by atoms with Crippen molar-refractivity contribution in [1.82, 2.24) is 0 Å². The van der Waals surface area contributed by atoms with Crippen LogP contribution in [0.15, 0.2) is 12.1 Å². The molecule has 0 aromatic heterocycles. The van der Waals surface area contributed by atoms with E-state index in [-0.39, 0.29) is 12.2 Å². The van der Waals surface area contributed by atoms with Crippen molar-refractivity contribution < 1.29 is 19.4 Å². The number of hydrogen-bond acceptors (Lipinski definition) is 3.